The maximum Gasteiger partial charge on any atom is 0.236 e. The third-order valence-electron chi connectivity index (χ3n) is 3.25. The van der Waals surface area contributed by atoms with Gasteiger partial charge in [0, 0.05) is 19.6 Å². The first-order valence-corrected chi connectivity index (χ1v) is 7.02. The molecule has 2 heterocycles. The quantitative estimate of drug-likeness (QED) is 0.720. The Morgan fingerprint density at radius 3 is 3.00 bits per heavy atom. The van der Waals surface area contributed by atoms with Crippen LogP contribution in [0.1, 0.15) is 18.6 Å². The van der Waals surface area contributed by atoms with E-state index in [1.165, 1.54) is 0 Å². The van der Waals surface area contributed by atoms with Crippen molar-refractivity contribution in [3.05, 3.63) is 24.2 Å². The number of aliphatic hydroxyl groups excluding tert-OH is 1. The molecule has 112 valence electrons. The molecule has 0 aromatic carbocycles. The smallest absolute Gasteiger partial charge is 0.236 e. The second kappa shape index (κ2) is 8.04. The van der Waals surface area contributed by atoms with Gasteiger partial charge >= 0.3 is 0 Å². The Labute approximate surface area is 118 Å². The first kappa shape index (κ1) is 15.0. The molecule has 0 saturated carbocycles. The number of carbonyl (C=O) groups excluding carboxylic acids is 1. The highest BCUT2D eigenvalue weighted by molar-refractivity contribution is 5.78. The second-order valence-electron chi connectivity index (χ2n) is 4.97. The minimum absolute atomic E-state index is 0.103. The lowest BCUT2D eigenvalue weighted by Crippen LogP contribution is -2.39. The van der Waals surface area contributed by atoms with E-state index in [0.717, 1.165) is 31.7 Å². The van der Waals surface area contributed by atoms with Crippen LogP contribution in [0.4, 0.5) is 0 Å². The van der Waals surface area contributed by atoms with Gasteiger partial charge in [-0.15, -0.1) is 0 Å². The van der Waals surface area contributed by atoms with Crippen molar-refractivity contribution in [2.75, 3.05) is 32.8 Å². The second-order valence-corrected chi connectivity index (χ2v) is 4.97. The number of rotatable bonds is 8. The van der Waals surface area contributed by atoms with Gasteiger partial charge in [0.2, 0.25) is 5.91 Å². The highest BCUT2D eigenvalue weighted by Crippen LogP contribution is 2.06. The average molecular weight is 282 g/mol. The summed E-state index contributed by atoms with van der Waals surface area (Å²) in [6.07, 6.45) is 3.14. The van der Waals surface area contributed by atoms with Crippen molar-refractivity contribution in [3.8, 4) is 0 Å². The standard InChI is InChI=1S/C14H22N2O4/c17-12(10-19-11-13-4-3-7-20-13)8-15-9-14(18)16-5-1-2-6-16/h3-4,7,12,15,17H,1-2,5-6,8-11H2. The van der Waals surface area contributed by atoms with E-state index in [-0.39, 0.29) is 19.1 Å². The monoisotopic (exact) mass is 282 g/mol. The van der Waals surface area contributed by atoms with Crippen LogP contribution in [0.2, 0.25) is 0 Å². The molecule has 1 fully saturated rings. The van der Waals surface area contributed by atoms with E-state index in [4.69, 9.17) is 9.15 Å². The van der Waals surface area contributed by atoms with Crippen molar-refractivity contribution in [3.63, 3.8) is 0 Å². The first-order chi connectivity index (χ1) is 9.75. The molecule has 0 aliphatic carbocycles. The Morgan fingerprint density at radius 2 is 2.30 bits per heavy atom. The highest BCUT2D eigenvalue weighted by atomic mass is 16.5. The molecule has 1 aromatic rings. The van der Waals surface area contributed by atoms with Crippen LogP contribution in [0.15, 0.2) is 22.8 Å². The van der Waals surface area contributed by atoms with Gasteiger partial charge in [-0.05, 0) is 25.0 Å². The van der Waals surface area contributed by atoms with E-state index in [0.29, 0.717) is 13.2 Å². The number of ether oxygens (including phenoxy) is 1. The summed E-state index contributed by atoms with van der Waals surface area (Å²) in [7, 11) is 0. The normalized spacial score (nSPS) is 16.6. The lowest BCUT2D eigenvalue weighted by atomic mass is 10.3. The molecule has 1 amide bonds. The lowest BCUT2D eigenvalue weighted by Gasteiger charge is -2.16. The minimum Gasteiger partial charge on any atom is -0.467 e. The maximum absolute atomic E-state index is 11.7. The first-order valence-electron chi connectivity index (χ1n) is 7.02. The summed E-state index contributed by atoms with van der Waals surface area (Å²) in [5.41, 5.74) is 0. The molecule has 0 spiro atoms. The van der Waals surface area contributed by atoms with Crippen LogP contribution >= 0.6 is 0 Å². The predicted molar refractivity (Wildman–Crippen MR) is 73.1 cm³/mol. The SMILES string of the molecule is O=C(CNCC(O)COCc1ccco1)N1CCCC1. The van der Waals surface area contributed by atoms with Crippen molar-refractivity contribution >= 4 is 5.91 Å². The van der Waals surface area contributed by atoms with Gasteiger partial charge in [-0.1, -0.05) is 0 Å². The lowest BCUT2D eigenvalue weighted by molar-refractivity contribution is -0.129. The topological polar surface area (TPSA) is 74.9 Å². The summed E-state index contributed by atoms with van der Waals surface area (Å²) in [6, 6.07) is 3.61. The number of aliphatic hydroxyl groups is 1. The van der Waals surface area contributed by atoms with Crippen LogP contribution in [0, 0.1) is 0 Å². The third-order valence-corrected chi connectivity index (χ3v) is 3.25. The Kier molecular flexibility index (Phi) is 6.04. The number of nitrogens with zero attached hydrogens (tertiary/aromatic N) is 1. The summed E-state index contributed by atoms with van der Waals surface area (Å²) >= 11 is 0. The van der Waals surface area contributed by atoms with Gasteiger partial charge < -0.3 is 24.5 Å². The minimum atomic E-state index is -0.628. The number of amides is 1. The summed E-state index contributed by atoms with van der Waals surface area (Å²) in [4.78, 5) is 13.6. The van der Waals surface area contributed by atoms with Gasteiger partial charge in [0.1, 0.15) is 12.4 Å². The number of furan rings is 1. The summed E-state index contributed by atoms with van der Waals surface area (Å²) in [6.45, 7) is 2.89. The number of hydrogen-bond donors (Lipinski definition) is 2. The Bertz CT molecular complexity index is 388. The fraction of sp³-hybridized carbons (Fsp3) is 0.643. The van der Waals surface area contributed by atoms with E-state index in [1.807, 2.05) is 11.0 Å². The summed E-state index contributed by atoms with van der Waals surface area (Å²) in [5.74, 6) is 0.834. The van der Waals surface area contributed by atoms with E-state index >= 15 is 0 Å². The van der Waals surface area contributed by atoms with Gasteiger partial charge in [0.25, 0.3) is 0 Å². The zero-order chi connectivity index (χ0) is 14.2. The van der Waals surface area contributed by atoms with Crippen LogP contribution in [-0.4, -0.2) is 54.8 Å². The Balaban J connectivity index is 1.51. The molecular weight excluding hydrogens is 260 g/mol. The zero-order valence-electron chi connectivity index (χ0n) is 11.6. The predicted octanol–water partition coefficient (Wildman–Crippen LogP) is 0.369. The molecule has 6 heteroatoms. The molecule has 1 aromatic heterocycles. The van der Waals surface area contributed by atoms with Crippen LogP contribution in [-0.2, 0) is 16.1 Å². The molecular formula is C14H22N2O4. The molecule has 1 atom stereocenters. The Morgan fingerprint density at radius 1 is 1.50 bits per heavy atom. The molecule has 6 nitrogen and oxygen atoms in total. The molecule has 1 aliphatic heterocycles. The van der Waals surface area contributed by atoms with Crippen LogP contribution in [0.3, 0.4) is 0 Å². The zero-order valence-corrected chi connectivity index (χ0v) is 11.6. The number of nitrogens with one attached hydrogen (secondary N) is 1. The Hall–Kier alpha value is -1.37. The van der Waals surface area contributed by atoms with Gasteiger partial charge in [-0.2, -0.15) is 0 Å². The van der Waals surface area contributed by atoms with Crippen molar-refractivity contribution < 1.29 is 19.1 Å². The molecule has 0 radical (unpaired) electrons. The van der Waals surface area contributed by atoms with Crippen molar-refractivity contribution in [2.24, 2.45) is 0 Å². The van der Waals surface area contributed by atoms with Gasteiger partial charge in [0.05, 0.1) is 25.5 Å². The fourth-order valence-corrected chi connectivity index (χ4v) is 2.17. The summed E-state index contributed by atoms with van der Waals surface area (Å²) in [5, 5.41) is 12.7. The van der Waals surface area contributed by atoms with Crippen molar-refractivity contribution in [1.82, 2.24) is 10.2 Å². The molecule has 1 aliphatic rings. The van der Waals surface area contributed by atoms with E-state index in [1.54, 1.807) is 12.3 Å². The molecule has 0 bridgehead atoms. The van der Waals surface area contributed by atoms with Gasteiger partial charge in [-0.25, -0.2) is 0 Å². The fourth-order valence-electron chi connectivity index (χ4n) is 2.17. The highest BCUT2D eigenvalue weighted by Gasteiger charge is 2.17. The largest absolute Gasteiger partial charge is 0.467 e. The van der Waals surface area contributed by atoms with Crippen molar-refractivity contribution in [2.45, 2.75) is 25.6 Å². The van der Waals surface area contributed by atoms with Crippen LogP contribution < -0.4 is 5.32 Å². The van der Waals surface area contributed by atoms with Crippen molar-refractivity contribution in [1.29, 1.82) is 0 Å². The van der Waals surface area contributed by atoms with E-state index < -0.39 is 6.10 Å². The van der Waals surface area contributed by atoms with Crippen LogP contribution in [0.25, 0.3) is 0 Å². The molecule has 1 saturated heterocycles. The van der Waals surface area contributed by atoms with E-state index in [2.05, 4.69) is 5.32 Å². The molecule has 1 unspecified atom stereocenters. The average Bonchev–Trinajstić information content (AvgIpc) is 3.12. The molecule has 20 heavy (non-hydrogen) atoms. The summed E-state index contributed by atoms with van der Waals surface area (Å²) < 4.78 is 10.4. The third kappa shape index (κ3) is 4.96. The molecule has 2 N–H and O–H groups in total. The van der Waals surface area contributed by atoms with Crippen LogP contribution in [0.5, 0.6) is 0 Å². The number of carbonyl (C=O) groups is 1. The maximum atomic E-state index is 11.7. The molecule has 2 rings (SSSR count). The number of hydrogen-bond acceptors (Lipinski definition) is 5. The van der Waals surface area contributed by atoms with E-state index in [9.17, 15) is 9.90 Å². The van der Waals surface area contributed by atoms with Gasteiger partial charge in [-0.3, -0.25) is 4.79 Å². The van der Waals surface area contributed by atoms with Gasteiger partial charge in [0.15, 0.2) is 0 Å². The number of likely N-dealkylation sites (tertiary alicyclic amines) is 1.